The van der Waals surface area contributed by atoms with Gasteiger partial charge in [0.05, 0.1) is 23.7 Å². The first-order valence-electron chi connectivity index (χ1n) is 11.9. The number of anilines is 1. The number of fused-ring (bicyclic) bond motifs is 1. The van der Waals surface area contributed by atoms with E-state index in [-0.39, 0.29) is 11.8 Å². The van der Waals surface area contributed by atoms with E-state index in [1.54, 1.807) is 11.3 Å². The summed E-state index contributed by atoms with van der Waals surface area (Å²) in [5.41, 5.74) is 6.59. The highest BCUT2D eigenvalue weighted by Gasteiger charge is 2.28. The molecule has 2 amide bonds. The van der Waals surface area contributed by atoms with Gasteiger partial charge in [-0.3, -0.25) is 14.5 Å². The normalized spacial score (nSPS) is 16.1. The van der Waals surface area contributed by atoms with Gasteiger partial charge in [-0.25, -0.2) is 4.98 Å². The van der Waals surface area contributed by atoms with E-state index in [4.69, 9.17) is 0 Å². The van der Waals surface area contributed by atoms with Crippen LogP contribution < -0.4 is 4.90 Å². The second-order valence-corrected chi connectivity index (χ2v) is 10.2. The van der Waals surface area contributed by atoms with Gasteiger partial charge in [0.1, 0.15) is 0 Å². The third-order valence-electron chi connectivity index (χ3n) is 6.88. The van der Waals surface area contributed by atoms with Crippen LogP contribution in [0.15, 0.2) is 47.8 Å². The van der Waals surface area contributed by atoms with Gasteiger partial charge < -0.3 is 9.80 Å². The van der Waals surface area contributed by atoms with Crippen LogP contribution in [-0.2, 0) is 22.4 Å². The molecule has 0 bridgehead atoms. The highest BCUT2D eigenvalue weighted by Crippen LogP contribution is 2.33. The molecule has 3 aromatic rings. The van der Waals surface area contributed by atoms with Gasteiger partial charge in [0, 0.05) is 49.4 Å². The molecule has 34 heavy (non-hydrogen) atoms. The van der Waals surface area contributed by atoms with Crippen molar-refractivity contribution in [3.63, 3.8) is 0 Å². The summed E-state index contributed by atoms with van der Waals surface area (Å²) >= 11 is 1.65. The summed E-state index contributed by atoms with van der Waals surface area (Å²) in [6.45, 7) is 7.98. The summed E-state index contributed by atoms with van der Waals surface area (Å²) in [6, 6.07) is 14.4. The van der Waals surface area contributed by atoms with E-state index >= 15 is 0 Å². The van der Waals surface area contributed by atoms with Gasteiger partial charge in [-0.15, -0.1) is 11.3 Å². The standard InChI is InChI=1S/C27H30N4O2S/c1-19-5-3-4-6-21(19)16-26(32)30-13-11-29(12-14-30)17-27(33)31-10-9-23-15-22(7-8-25(23)31)24-18-34-20(2)28-24/h3-8,15,18H,9-14,16-17H2,1-2H3. The number of amides is 2. The van der Waals surface area contributed by atoms with E-state index in [2.05, 4.69) is 33.5 Å². The first-order chi connectivity index (χ1) is 16.5. The van der Waals surface area contributed by atoms with Gasteiger partial charge in [-0.05, 0) is 49.1 Å². The Morgan fingerprint density at radius 1 is 0.971 bits per heavy atom. The second kappa shape index (κ2) is 9.68. The topological polar surface area (TPSA) is 56.8 Å². The van der Waals surface area contributed by atoms with Crippen LogP contribution in [-0.4, -0.2) is 65.9 Å². The summed E-state index contributed by atoms with van der Waals surface area (Å²) < 4.78 is 0. The average Bonchev–Trinajstić information content (AvgIpc) is 3.47. The Morgan fingerprint density at radius 2 is 1.76 bits per heavy atom. The minimum Gasteiger partial charge on any atom is -0.340 e. The molecule has 0 atom stereocenters. The molecule has 2 aliphatic heterocycles. The zero-order valence-corrected chi connectivity index (χ0v) is 20.6. The van der Waals surface area contributed by atoms with E-state index in [9.17, 15) is 9.59 Å². The van der Waals surface area contributed by atoms with Crippen LogP contribution >= 0.6 is 11.3 Å². The fourth-order valence-electron chi connectivity index (χ4n) is 4.83. The van der Waals surface area contributed by atoms with Gasteiger partial charge in [-0.1, -0.05) is 30.3 Å². The number of benzene rings is 2. The maximum Gasteiger partial charge on any atom is 0.241 e. The largest absolute Gasteiger partial charge is 0.340 e. The quantitative estimate of drug-likeness (QED) is 0.566. The predicted molar refractivity (Wildman–Crippen MR) is 136 cm³/mol. The van der Waals surface area contributed by atoms with E-state index < -0.39 is 0 Å². The molecule has 176 valence electrons. The second-order valence-electron chi connectivity index (χ2n) is 9.15. The van der Waals surface area contributed by atoms with E-state index in [1.165, 1.54) is 5.56 Å². The van der Waals surface area contributed by atoms with Crippen molar-refractivity contribution in [1.29, 1.82) is 0 Å². The molecule has 0 saturated carbocycles. The van der Waals surface area contributed by atoms with Crippen LogP contribution in [0.1, 0.15) is 21.7 Å². The molecule has 7 heteroatoms. The van der Waals surface area contributed by atoms with Gasteiger partial charge >= 0.3 is 0 Å². The molecule has 0 unspecified atom stereocenters. The summed E-state index contributed by atoms with van der Waals surface area (Å²) in [7, 11) is 0. The number of thiazole rings is 1. The number of hydrogen-bond acceptors (Lipinski definition) is 5. The molecule has 5 rings (SSSR count). The summed E-state index contributed by atoms with van der Waals surface area (Å²) in [5.74, 6) is 0.301. The highest BCUT2D eigenvalue weighted by atomic mass is 32.1. The van der Waals surface area contributed by atoms with Crippen LogP contribution in [0.4, 0.5) is 5.69 Å². The fourth-order valence-corrected chi connectivity index (χ4v) is 5.45. The fraction of sp³-hybridized carbons (Fsp3) is 0.370. The predicted octanol–water partition coefficient (Wildman–Crippen LogP) is 3.70. The third-order valence-corrected chi connectivity index (χ3v) is 7.65. The number of nitrogens with zero attached hydrogens (tertiary/aromatic N) is 4. The minimum absolute atomic E-state index is 0.135. The van der Waals surface area contributed by atoms with Crippen molar-refractivity contribution in [2.24, 2.45) is 0 Å². The smallest absolute Gasteiger partial charge is 0.241 e. The first kappa shape index (κ1) is 22.7. The Hall–Kier alpha value is -3.03. The van der Waals surface area contributed by atoms with E-state index in [1.807, 2.05) is 47.9 Å². The van der Waals surface area contributed by atoms with Gasteiger partial charge in [0.15, 0.2) is 0 Å². The number of hydrogen-bond donors (Lipinski definition) is 0. The number of aromatic nitrogens is 1. The summed E-state index contributed by atoms with van der Waals surface area (Å²) in [4.78, 5) is 36.5. The SMILES string of the molecule is Cc1nc(-c2ccc3c(c2)CCN3C(=O)CN2CCN(C(=O)Cc3ccccc3C)CC2)cs1. The highest BCUT2D eigenvalue weighted by molar-refractivity contribution is 7.09. The first-order valence-corrected chi connectivity index (χ1v) is 12.8. The van der Waals surface area contributed by atoms with Crippen molar-refractivity contribution >= 4 is 28.8 Å². The zero-order chi connectivity index (χ0) is 23.7. The lowest BCUT2D eigenvalue weighted by atomic mass is 10.1. The Labute approximate surface area is 204 Å². The Kier molecular flexibility index (Phi) is 6.48. The zero-order valence-electron chi connectivity index (χ0n) is 19.8. The molecule has 1 saturated heterocycles. The number of rotatable bonds is 5. The molecule has 1 aromatic heterocycles. The molecule has 0 spiro atoms. The monoisotopic (exact) mass is 474 g/mol. The number of piperazine rings is 1. The lowest BCUT2D eigenvalue weighted by Gasteiger charge is -2.35. The van der Waals surface area contributed by atoms with Crippen molar-refractivity contribution in [3.8, 4) is 11.3 Å². The molecule has 2 aliphatic rings. The van der Waals surface area contributed by atoms with Crippen molar-refractivity contribution < 1.29 is 9.59 Å². The van der Waals surface area contributed by atoms with Crippen LogP contribution in [0.5, 0.6) is 0 Å². The average molecular weight is 475 g/mol. The number of carbonyl (C=O) groups is 2. The number of aryl methyl sites for hydroxylation is 2. The summed E-state index contributed by atoms with van der Waals surface area (Å²) in [6.07, 6.45) is 1.32. The molecular weight excluding hydrogens is 444 g/mol. The van der Waals surface area contributed by atoms with Crippen LogP contribution in [0.25, 0.3) is 11.3 Å². The minimum atomic E-state index is 0.135. The van der Waals surface area contributed by atoms with Gasteiger partial charge in [-0.2, -0.15) is 0 Å². The van der Waals surface area contributed by atoms with Crippen molar-refractivity contribution in [3.05, 3.63) is 69.5 Å². The Morgan fingerprint density at radius 3 is 2.50 bits per heavy atom. The van der Waals surface area contributed by atoms with Crippen LogP contribution in [0.2, 0.25) is 0 Å². The van der Waals surface area contributed by atoms with Gasteiger partial charge in [0.25, 0.3) is 0 Å². The molecule has 0 radical (unpaired) electrons. The molecule has 6 nitrogen and oxygen atoms in total. The molecule has 1 fully saturated rings. The van der Waals surface area contributed by atoms with Crippen molar-refractivity contribution in [2.45, 2.75) is 26.7 Å². The van der Waals surface area contributed by atoms with Crippen LogP contribution in [0.3, 0.4) is 0 Å². The Bertz CT molecular complexity index is 1210. The lowest BCUT2D eigenvalue weighted by molar-refractivity contribution is -0.132. The number of carbonyl (C=O) groups excluding carboxylic acids is 2. The van der Waals surface area contributed by atoms with E-state index in [0.717, 1.165) is 59.1 Å². The van der Waals surface area contributed by atoms with Crippen molar-refractivity contribution in [2.75, 3.05) is 44.2 Å². The van der Waals surface area contributed by atoms with Crippen LogP contribution in [0, 0.1) is 13.8 Å². The maximum atomic E-state index is 13.1. The Balaban J connectivity index is 1.15. The molecule has 0 N–H and O–H groups in total. The molecule has 0 aliphatic carbocycles. The van der Waals surface area contributed by atoms with E-state index in [0.29, 0.717) is 26.1 Å². The lowest BCUT2D eigenvalue weighted by Crippen LogP contribution is -2.51. The molecule has 2 aromatic carbocycles. The van der Waals surface area contributed by atoms with Crippen molar-refractivity contribution in [1.82, 2.24) is 14.8 Å². The van der Waals surface area contributed by atoms with Gasteiger partial charge in [0.2, 0.25) is 11.8 Å². The summed E-state index contributed by atoms with van der Waals surface area (Å²) in [5, 5.41) is 3.14. The third kappa shape index (κ3) is 4.76. The maximum absolute atomic E-state index is 13.1. The molecular formula is C27H30N4O2S. The molecule has 3 heterocycles.